The third-order valence-corrected chi connectivity index (χ3v) is 4.03. The molecular weight excluding hydrogens is 366 g/mol. The van der Waals surface area contributed by atoms with Crippen LogP contribution in [-0.4, -0.2) is 26.5 Å². The summed E-state index contributed by atoms with van der Waals surface area (Å²) in [6, 6.07) is 8.82. The first-order valence-electron chi connectivity index (χ1n) is 8.30. The molecule has 0 saturated carbocycles. The van der Waals surface area contributed by atoms with Crippen LogP contribution in [0.15, 0.2) is 30.3 Å². The molecule has 2 heterocycles. The van der Waals surface area contributed by atoms with Crippen molar-refractivity contribution in [2.45, 2.75) is 32.3 Å². The average molecular weight is 386 g/mol. The van der Waals surface area contributed by atoms with Crippen LogP contribution in [-0.2, 0) is 5.88 Å². The number of halogens is 1. The molecule has 0 spiro atoms. The van der Waals surface area contributed by atoms with Crippen LogP contribution in [0, 0.1) is 0 Å². The normalized spacial score (nSPS) is 11.6. The van der Waals surface area contributed by atoms with E-state index in [9.17, 15) is 4.79 Å². The summed E-state index contributed by atoms with van der Waals surface area (Å²) in [5.41, 5.74) is 14.3. The van der Waals surface area contributed by atoms with Gasteiger partial charge in [0.15, 0.2) is 5.52 Å². The number of fused-ring (bicyclic) bond motifs is 1. The maximum absolute atomic E-state index is 11.5. The molecule has 7 nitrogen and oxygen atoms in total. The fourth-order valence-electron chi connectivity index (χ4n) is 2.63. The number of anilines is 1. The number of hydrogen-bond acceptors (Lipinski definition) is 6. The van der Waals surface area contributed by atoms with Crippen LogP contribution in [0.25, 0.3) is 22.3 Å². The van der Waals surface area contributed by atoms with Gasteiger partial charge in [-0.2, -0.15) is 4.98 Å². The number of ether oxygens (including phenoxy) is 1. The molecule has 0 atom stereocenters. The largest absolute Gasteiger partial charge is 0.470 e. The van der Waals surface area contributed by atoms with Gasteiger partial charge in [0.05, 0.1) is 11.2 Å². The Morgan fingerprint density at radius 2 is 1.89 bits per heavy atom. The number of pyridine rings is 1. The lowest BCUT2D eigenvalue weighted by atomic mass is 10.0. The summed E-state index contributed by atoms with van der Waals surface area (Å²) in [5.74, 6) is 0.0793. The van der Waals surface area contributed by atoms with Crippen molar-refractivity contribution in [1.29, 1.82) is 0 Å². The zero-order chi connectivity index (χ0) is 19.8. The van der Waals surface area contributed by atoms with Gasteiger partial charge in [-0.15, -0.1) is 11.6 Å². The molecule has 0 saturated heterocycles. The molecule has 1 aromatic carbocycles. The van der Waals surface area contributed by atoms with Crippen molar-refractivity contribution in [3.8, 4) is 17.1 Å². The molecule has 0 bridgehead atoms. The van der Waals surface area contributed by atoms with Gasteiger partial charge in [0.2, 0.25) is 17.7 Å². The van der Waals surface area contributed by atoms with E-state index in [1.54, 1.807) is 24.3 Å². The first-order valence-corrected chi connectivity index (χ1v) is 8.84. The fourth-order valence-corrected chi connectivity index (χ4v) is 2.85. The highest BCUT2D eigenvalue weighted by Crippen LogP contribution is 2.29. The molecule has 140 valence electrons. The molecule has 0 aliphatic carbocycles. The molecule has 27 heavy (non-hydrogen) atoms. The number of nitrogens with two attached hydrogens (primary N) is 2. The van der Waals surface area contributed by atoms with Crippen LogP contribution in [0.1, 0.15) is 36.7 Å². The van der Waals surface area contributed by atoms with Crippen LogP contribution < -0.4 is 16.2 Å². The minimum atomic E-state index is -0.520. The number of primary amides is 1. The molecule has 1 amide bonds. The van der Waals surface area contributed by atoms with Crippen molar-refractivity contribution in [2.24, 2.45) is 5.73 Å². The van der Waals surface area contributed by atoms with E-state index in [0.29, 0.717) is 33.7 Å². The Balaban J connectivity index is 2.15. The van der Waals surface area contributed by atoms with Crippen molar-refractivity contribution in [3.63, 3.8) is 0 Å². The first kappa shape index (κ1) is 18.8. The molecule has 0 unspecified atom stereocenters. The smallest absolute Gasteiger partial charge is 0.249 e. The summed E-state index contributed by atoms with van der Waals surface area (Å²) >= 11 is 5.96. The van der Waals surface area contributed by atoms with Crippen molar-refractivity contribution in [1.82, 2.24) is 15.0 Å². The number of benzene rings is 1. The quantitative estimate of drug-likeness (QED) is 0.665. The molecule has 0 aliphatic rings. The predicted octanol–water partition coefficient (Wildman–Crippen LogP) is 3.29. The summed E-state index contributed by atoms with van der Waals surface area (Å²) in [6.07, 6.45) is 0. The molecular formula is C19H20ClN5O2. The van der Waals surface area contributed by atoms with Crippen LogP contribution >= 0.6 is 11.6 Å². The predicted molar refractivity (Wildman–Crippen MR) is 106 cm³/mol. The van der Waals surface area contributed by atoms with Crippen LogP contribution in [0.5, 0.6) is 5.88 Å². The summed E-state index contributed by atoms with van der Waals surface area (Å²) in [7, 11) is 0. The Hall–Kier alpha value is -2.93. The van der Waals surface area contributed by atoms with E-state index in [1.165, 1.54) is 0 Å². The molecule has 0 fully saturated rings. The third-order valence-electron chi connectivity index (χ3n) is 3.74. The molecule has 0 radical (unpaired) electrons. The van der Waals surface area contributed by atoms with Gasteiger partial charge in [0.25, 0.3) is 0 Å². The van der Waals surface area contributed by atoms with Crippen molar-refractivity contribution in [3.05, 3.63) is 41.5 Å². The molecule has 4 N–H and O–H groups in total. The number of alkyl halides is 1. The lowest BCUT2D eigenvalue weighted by molar-refractivity contribution is 0.0999. The summed E-state index contributed by atoms with van der Waals surface area (Å²) in [5, 5.41) is 0. The summed E-state index contributed by atoms with van der Waals surface area (Å²) < 4.78 is 5.91. The molecule has 0 aliphatic heterocycles. The SMILES string of the molecule is CC(C)(C)Oc1nc(N)nc2ccc(-c3ccc(C(N)=O)c(CCl)c3)nc12. The molecule has 3 rings (SSSR count). The second kappa shape index (κ2) is 7.00. The third kappa shape index (κ3) is 4.09. The lowest BCUT2D eigenvalue weighted by Crippen LogP contribution is -2.24. The van der Waals surface area contributed by atoms with Crippen LogP contribution in [0.3, 0.4) is 0 Å². The number of nitrogens with zero attached hydrogens (tertiary/aromatic N) is 3. The second-order valence-corrected chi connectivity index (χ2v) is 7.30. The first-order chi connectivity index (χ1) is 12.7. The highest BCUT2D eigenvalue weighted by atomic mass is 35.5. The van der Waals surface area contributed by atoms with E-state index in [0.717, 1.165) is 5.56 Å². The summed E-state index contributed by atoms with van der Waals surface area (Å²) in [6.45, 7) is 5.74. The molecule has 2 aromatic heterocycles. The van der Waals surface area contributed by atoms with Crippen LogP contribution in [0.2, 0.25) is 0 Å². The fraction of sp³-hybridized carbons (Fsp3) is 0.263. The number of aromatic nitrogens is 3. The maximum Gasteiger partial charge on any atom is 0.249 e. The Morgan fingerprint density at radius 1 is 1.15 bits per heavy atom. The minimum Gasteiger partial charge on any atom is -0.470 e. The second-order valence-electron chi connectivity index (χ2n) is 7.04. The number of amides is 1. The Bertz CT molecular complexity index is 1030. The van der Waals surface area contributed by atoms with Gasteiger partial charge in [-0.25, -0.2) is 9.97 Å². The minimum absolute atomic E-state index is 0.117. The van der Waals surface area contributed by atoms with E-state index < -0.39 is 11.5 Å². The van der Waals surface area contributed by atoms with Crippen molar-refractivity contribution in [2.75, 3.05) is 5.73 Å². The van der Waals surface area contributed by atoms with Gasteiger partial charge in [0, 0.05) is 17.0 Å². The highest BCUT2D eigenvalue weighted by molar-refractivity contribution is 6.17. The van der Waals surface area contributed by atoms with E-state index in [1.807, 2.05) is 26.8 Å². The van der Waals surface area contributed by atoms with E-state index in [2.05, 4.69) is 15.0 Å². The van der Waals surface area contributed by atoms with Crippen molar-refractivity contribution >= 4 is 34.5 Å². The Kier molecular flexibility index (Phi) is 4.89. The van der Waals surface area contributed by atoms with Crippen LogP contribution in [0.4, 0.5) is 5.95 Å². The van der Waals surface area contributed by atoms with Gasteiger partial charge in [0.1, 0.15) is 5.60 Å². The molecule has 3 aromatic rings. The summed E-state index contributed by atoms with van der Waals surface area (Å²) in [4.78, 5) is 24.6. The standard InChI is InChI=1S/C19H20ClN5O2/c1-19(2,3)27-17-15-14(24-18(22)25-17)7-6-13(23-15)10-4-5-12(16(21)26)11(8-10)9-20/h4-8H,9H2,1-3H3,(H2,21,26)(H2,22,24,25). The zero-order valence-corrected chi connectivity index (χ0v) is 16.0. The van der Waals surface area contributed by atoms with E-state index >= 15 is 0 Å². The zero-order valence-electron chi connectivity index (χ0n) is 15.3. The van der Waals surface area contributed by atoms with Gasteiger partial charge >= 0.3 is 0 Å². The van der Waals surface area contributed by atoms with Gasteiger partial charge < -0.3 is 16.2 Å². The highest BCUT2D eigenvalue weighted by Gasteiger charge is 2.18. The lowest BCUT2D eigenvalue weighted by Gasteiger charge is -2.21. The maximum atomic E-state index is 11.5. The Labute approximate surface area is 161 Å². The van der Waals surface area contributed by atoms with Gasteiger partial charge in [-0.05, 0) is 50.6 Å². The van der Waals surface area contributed by atoms with Gasteiger partial charge in [-0.1, -0.05) is 6.07 Å². The number of carbonyl (C=O) groups is 1. The number of carbonyl (C=O) groups excluding carboxylic acids is 1. The number of nitrogen functional groups attached to an aromatic ring is 1. The monoisotopic (exact) mass is 385 g/mol. The van der Waals surface area contributed by atoms with Crippen molar-refractivity contribution < 1.29 is 9.53 Å². The number of rotatable bonds is 4. The van der Waals surface area contributed by atoms with E-state index in [-0.39, 0.29) is 11.8 Å². The average Bonchev–Trinajstić information content (AvgIpc) is 2.59. The Morgan fingerprint density at radius 3 is 2.52 bits per heavy atom. The van der Waals surface area contributed by atoms with E-state index in [4.69, 9.17) is 27.8 Å². The van der Waals surface area contributed by atoms with Gasteiger partial charge in [-0.3, -0.25) is 4.79 Å². The molecule has 8 heteroatoms. The number of hydrogen-bond donors (Lipinski definition) is 2. The topological polar surface area (TPSA) is 117 Å².